The molecule has 0 saturated carbocycles. The quantitative estimate of drug-likeness (QED) is 0.689. The molecule has 1 atom stereocenters. The third kappa shape index (κ3) is 4.34. The van der Waals surface area contributed by atoms with Crippen molar-refractivity contribution in [2.24, 2.45) is 5.73 Å². The van der Waals surface area contributed by atoms with Crippen LogP contribution in [-0.2, 0) is 17.9 Å². The molecule has 1 aromatic rings. The minimum Gasteiger partial charge on any atom is -0.352 e. The second-order valence-corrected chi connectivity index (χ2v) is 4.74. The minimum atomic E-state index is -0.481. The first-order valence-electron chi connectivity index (χ1n) is 6.79. The Balaban J connectivity index is 2.89. The summed E-state index contributed by atoms with van der Waals surface area (Å²) >= 11 is 0. The van der Waals surface area contributed by atoms with Gasteiger partial charge in [0.15, 0.2) is 0 Å². The summed E-state index contributed by atoms with van der Waals surface area (Å²) in [6, 6.07) is 1.34. The number of hydrogen-bond acceptors (Lipinski definition) is 4. The molecule has 0 aliphatic rings. The normalized spacial score (nSPS) is 12.2. The summed E-state index contributed by atoms with van der Waals surface area (Å²) in [6.45, 7) is 4.43. The van der Waals surface area contributed by atoms with Gasteiger partial charge in [0.25, 0.3) is 5.56 Å². The summed E-state index contributed by atoms with van der Waals surface area (Å²) in [7, 11) is 0. The fraction of sp³-hybridized carbons (Fsp3) is 0.615. The van der Waals surface area contributed by atoms with Crippen molar-refractivity contribution in [1.82, 2.24) is 14.5 Å². The van der Waals surface area contributed by atoms with Crippen LogP contribution in [-0.4, -0.2) is 27.6 Å². The van der Waals surface area contributed by atoms with E-state index in [1.807, 2.05) is 13.8 Å². The van der Waals surface area contributed by atoms with Crippen molar-refractivity contribution in [2.75, 3.05) is 6.54 Å². The number of nitrogens with two attached hydrogens (primary N) is 1. The van der Waals surface area contributed by atoms with Gasteiger partial charge in [0, 0.05) is 24.8 Å². The summed E-state index contributed by atoms with van der Waals surface area (Å²) in [5.41, 5.74) is 4.52. The Morgan fingerprint density at radius 1 is 1.45 bits per heavy atom. The molecule has 0 aliphatic carbocycles. The maximum absolute atomic E-state index is 12.1. The van der Waals surface area contributed by atoms with Crippen molar-refractivity contribution >= 4 is 5.91 Å². The molecule has 1 unspecified atom stereocenters. The van der Waals surface area contributed by atoms with Crippen LogP contribution in [0, 0.1) is 0 Å². The lowest BCUT2D eigenvalue weighted by atomic mass is 10.2. The third-order valence-corrected chi connectivity index (χ3v) is 3.06. The molecule has 7 heteroatoms. The van der Waals surface area contributed by atoms with Gasteiger partial charge < -0.3 is 11.1 Å². The largest absolute Gasteiger partial charge is 0.352 e. The molecule has 1 aromatic heterocycles. The van der Waals surface area contributed by atoms with E-state index >= 15 is 0 Å². The molecule has 0 aliphatic heterocycles. The first-order chi connectivity index (χ1) is 9.49. The molecule has 0 aromatic carbocycles. The van der Waals surface area contributed by atoms with Crippen LogP contribution in [0.5, 0.6) is 0 Å². The van der Waals surface area contributed by atoms with Gasteiger partial charge in [0.05, 0.1) is 0 Å². The number of amides is 1. The second kappa shape index (κ2) is 7.64. The van der Waals surface area contributed by atoms with Crippen LogP contribution >= 0.6 is 0 Å². The lowest BCUT2D eigenvalue weighted by Crippen LogP contribution is -2.43. The molecule has 1 heterocycles. The molecule has 0 fully saturated rings. The molecule has 7 nitrogen and oxygen atoms in total. The summed E-state index contributed by atoms with van der Waals surface area (Å²) in [6.07, 6.45) is 2.70. The van der Waals surface area contributed by atoms with Crippen LogP contribution in [0.2, 0.25) is 0 Å². The monoisotopic (exact) mass is 282 g/mol. The Morgan fingerprint density at radius 3 is 2.75 bits per heavy atom. The molecule has 112 valence electrons. The first-order valence-corrected chi connectivity index (χ1v) is 6.79. The van der Waals surface area contributed by atoms with Gasteiger partial charge in [0.1, 0.15) is 6.54 Å². The van der Waals surface area contributed by atoms with E-state index in [0.717, 1.165) is 11.0 Å². The van der Waals surface area contributed by atoms with E-state index in [0.29, 0.717) is 13.0 Å². The fourth-order valence-corrected chi connectivity index (χ4v) is 1.71. The van der Waals surface area contributed by atoms with Gasteiger partial charge >= 0.3 is 5.69 Å². The molecule has 0 bridgehead atoms. The van der Waals surface area contributed by atoms with Crippen molar-refractivity contribution in [2.45, 2.75) is 45.8 Å². The molecule has 3 N–H and O–H groups in total. The number of nitrogens with one attached hydrogen (secondary N) is 1. The molecule has 20 heavy (non-hydrogen) atoms. The van der Waals surface area contributed by atoms with Crippen LogP contribution < -0.4 is 22.3 Å². The van der Waals surface area contributed by atoms with E-state index < -0.39 is 5.69 Å². The van der Waals surface area contributed by atoms with Crippen LogP contribution in [0.25, 0.3) is 0 Å². The molecular formula is C13H22N4O3. The molecule has 0 saturated heterocycles. The number of carbonyl (C=O) groups excluding carboxylic acids is 1. The topological polar surface area (TPSA) is 99.1 Å². The Hall–Kier alpha value is -1.89. The van der Waals surface area contributed by atoms with Crippen molar-refractivity contribution in [1.29, 1.82) is 0 Å². The van der Waals surface area contributed by atoms with Gasteiger partial charge in [-0.2, -0.15) is 0 Å². The number of aromatic nitrogens is 2. The van der Waals surface area contributed by atoms with Crippen molar-refractivity contribution in [3.05, 3.63) is 33.1 Å². The maximum atomic E-state index is 12.1. The smallest absolute Gasteiger partial charge is 0.331 e. The lowest BCUT2D eigenvalue weighted by Gasteiger charge is -2.13. The minimum absolute atomic E-state index is 0.0568. The van der Waals surface area contributed by atoms with Crippen molar-refractivity contribution < 1.29 is 4.79 Å². The fourth-order valence-electron chi connectivity index (χ4n) is 1.71. The molecule has 1 amide bonds. The van der Waals surface area contributed by atoms with Gasteiger partial charge in [-0.1, -0.05) is 6.92 Å². The molecular weight excluding hydrogens is 260 g/mol. The average Bonchev–Trinajstić information content (AvgIpc) is 2.41. The highest BCUT2D eigenvalue weighted by Crippen LogP contribution is 1.89. The number of hydrogen-bond donors (Lipinski definition) is 2. The second-order valence-electron chi connectivity index (χ2n) is 4.74. The maximum Gasteiger partial charge on any atom is 0.331 e. The Labute approximate surface area is 117 Å². The van der Waals surface area contributed by atoms with E-state index in [1.165, 1.54) is 16.8 Å². The van der Waals surface area contributed by atoms with Crippen molar-refractivity contribution in [3.63, 3.8) is 0 Å². The average molecular weight is 282 g/mol. The van der Waals surface area contributed by atoms with E-state index in [4.69, 9.17) is 5.73 Å². The van der Waals surface area contributed by atoms with E-state index in [1.54, 1.807) is 0 Å². The highest BCUT2D eigenvalue weighted by Gasteiger charge is 2.10. The van der Waals surface area contributed by atoms with E-state index in [9.17, 15) is 14.4 Å². The summed E-state index contributed by atoms with van der Waals surface area (Å²) in [4.78, 5) is 35.5. The number of rotatable bonds is 7. The van der Waals surface area contributed by atoms with Gasteiger partial charge in [-0.3, -0.25) is 18.7 Å². The van der Waals surface area contributed by atoms with Gasteiger partial charge in [-0.15, -0.1) is 0 Å². The molecule has 1 rings (SSSR count). The highest BCUT2D eigenvalue weighted by molar-refractivity contribution is 5.75. The van der Waals surface area contributed by atoms with Crippen LogP contribution in [0.15, 0.2) is 21.9 Å². The Morgan fingerprint density at radius 2 is 2.15 bits per heavy atom. The van der Waals surface area contributed by atoms with Crippen LogP contribution in [0.4, 0.5) is 0 Å². The number of nitrogens with zero attached hydrogens (tertiary/aromatic N) is 2. The summed E-state index contributed by atoms with van der Waals surface area (Å²) in [5, 5.41) is 2.78. The summed E-state index contributed by atoms with van der Waals surface area (Å²) < 4.78 is 2.33. The zero-order valence-electron chi connectivity index (χ0n) is 12.0. The van der Waals surface area contributed by atoms with E-state index in [-0.39, 0.29) is 30.6 Å². The molecule has 0 radical (unpaired) electrons. The third-order valence-electron chi connectivity index (χ3n) is 3.06. The predicted octanol–water partition coefficient (Wildman–Crippen LogP) is -0.726. The Bertz CT molecular complexity index is 561. The van der Waals surface area contributed by atoms with Gasteiger partial charge in [-0.25, -0.2) is 4.79 Å². The first kappa shape index (κ1) is 16.2. The highest BCUT2D eigenvalue weighted by atomic mass is 16.2. The van der Waals surface area contributed by atoms with Crippen molar-refractivity contribution in [3.8, 4) is 0 Å². The Kier molecular flexibility index (Phi) is 6.17. The van der Waals surface area contributed by atoms with E-state index in [2.05, 4.69) is 5.32 Å². The van der Waals surface area contributed by atoms with Gasteiger partial charge in [0.2, 0.25) is 5.91 Å². The molecule has 0 spiro atoms. The SMILES string of the molecule is CCC(C)NC(=O)Cn1ccc(=O)n(CCCN)c1=O. The van der Waals surface area contributed by atoms with Crippen LogP contribution in [0.3, 0.4) is 0 Å². The van der Waals surface area contributed by atoms with Crippen LogP contribution in [0.1, 0.15) is 26.7 Å². The zero-order valence-corrected chi connectivity index (χ0v) is 12.0. The summed E-state index contributed by atoms with van der Waals surface area (Å²) in [5.74, 6) is -0.245. The lowest BCUT2D eigenvalue weighted by molar-refractivity contribution is -0.122. The predicted molar refractivity (Wildman–Crippen MR) is 76.5 cm³/mol. The standard InChI is InChI=1S/C13H22N4O3/c1-3-10(2)15-11(18)9-16-8-5-12(19)17(13(16)20)7-4-6-14/h5,8,10H,3-4,6-7,9,14H2,1-2H3,(H,15,18). The van der Waals surface area contributed by atoms with Gasteiger partial charge in [-0.05, 0) is 26.3 Å². The zero-order chi connectivity index (χ0) is 15.1. The number of carbonyl (C=O) groups is 1.